The molecule has 0 spiro atoms. The standard InChI is InChI=1S/C8H7N3O2/c9-8(12)5-4-11(13)6-2-1-3-10-7(5)6/h1-4,13H,(H2,9,12). The number of primary amides is 1. The SMILES string of the molecule is NC(=O)c1cn(O)c2cccnc12. The zero-order chi connectivity index (χ0) is 9.42. The molecule has 2 aromatic rings. The molecule has 0 aliphatic carbocycles. The summed E-state index contributed by atoms with van der Waals surface area (Å²) in [4.78, 5) is 14.8. The quantitative estimate of drug-likeness (QED) is 0.617. The van der Waals surface area contributed by atoms with Crippen molar-refractivity contribution in [2.45, 2.75) is 0 Å². The third-order valence-corrected chi connectivity index (χ3v) is 1.81. The van der Waals surface area contributed by atoms with Crippen LogP contribution in [0, 0.1) is 0 Å². The molecule has 5 nitrogen and oxygen atoms in total. The zero-order valence-corrected chi connectivity index (χ0v) is 6.64. The van der Waals surface area contributed by atoms with Crippen LogP contribution in [0.2, 0.25) is 0 Å². The Morgan fingerprint density at radius 3 is 3.08 bits per heavy atom. The van der Waals surface area contributed by atoms with E-state index in [0.29, 0.717) is 11.0 Å². The number of nitrogens with two attached hydrogens (primary N) is 1. The normalized spacial score (nSPS) is 10.5. The topological polar surface area (TPSA) is 81.1 Å². The monoisotopic (exact) mass is 177 g/mol. The largest absolute Gasteiger partial charge is 0.428 e. The molecule has 0 aliphatic heterocycles. The Kier molecular flexibility index (Phi) is 1.45. The number of amides is 1. The smallest absolute Gasteiger partial charge is 0.252 e. The number of aromatic nitrogens is 2. The number of fused-ring (bicyclic) bond motifs is 1. The lowest BCUT2D eigenvalue weighted by atomic mass is 10.2. The van der Waals surface area contributed by atoms with Crippen LogP contribution >= 0.6 is 0 Å². The average Bonchev–Trinajstić information content (AvgIpc) is 2.45. The van der Waals surface area contributed by atoms with E-state index in [4.69, 9.17) is 5.73 Å². The van der Waals surface area contributed by atoms with E-state index in [1.807, 2.05) is 0 Å². The Hall–Kier alpha value is -2.04. The zero-order valence-electron chi connectivity index (χ0n) is 6.64. The highest BCUT2D eigenvalue weighted by Gasteiger charge is 2.12. The van der Waals surface area contributed by atoms with E-state index >= 15 is 0 Å². The predicted molar refractivity (Wildman–Crippen MR) is 45.4 cm³/mol. The number of rotatable bonds is 1. The summed E-state index contributed by atoms with van der Waals surface area (Å²) in [6, 6.07) is 3.31. The fourth-order valence-electron chi connectivity index (χ4n) is 1.22. The van der Waals surface area contributed by atoms with Gasteiger partial charge in [-0.15, -0.1) is 0 Å². The minimum Gasteiger partial charge on any atom is -0.428 e. The van der Waals surface area contributed by atoms with Gasteiger partial charge in [0, 0.05) is 6.20 Å². The van der Waals surface area contributed by atoms with Crippen molar-refractivity contribution in [2.24, 2.45) is 5.73 Å². The van der Waals surface area contributed by atoms with Gasteiger partial charge in [0.2, 0.25) is 0 Å². The molecule has 2 heterocycles. The number of hydrogen-bond donors (Lipinski definition) is 2. The molecule has 0 fully saturated rings. The van der Waals surface area contributed by atoms with Crippen molar-refractivity contribution in [3.63, 3.8) is 0 Å². The minimum atomic E-state index is -0.600. The summed E-state index contributed by atoms with van der Waals surface area (Å²) in [5.41, 5.74) is 6.19. The molecule has 0 unspecified atom stereocenters. The molecule has 1 amide bonds. The lowest BCUT2D eigenvalue weighted by molar-refractivity contribution is 0.0999. The van der Waals surface area contributed by atoms with Crippen molar-refractivity contribution in [3.05, 3.63) is 30.1 Å². The van der Waals surface area contributed by atoms with Gasteiger partial charge >= 0.3 is 0 Å². The summed E-state index contributed by atoms with van der Waals surface area (Å²) in [6.07, 6.45) is 2.79. The number of hydrogen-bond acceptors (Lipinski definition) is 3. The van der Waals surface area contributed by atoms with Crippen LogP contribution < -0.4 is 5.73 Å². The fraction of sp³-hybridized carbons (Fsp3) is 0. The molecule has 0 radical (unpaired) electrons. The van der Waals surface area contributed by atoms with Crippen molar-refractivity contribution < 1.29 is 10.0 Å². The van der Waals surface area contributed by atoms with Crippen LogP contribution in [-0.2, 0) is 0 Å². The summed E-state index contributed by atoms with van der Waals surface area (Å²) in [7, 11) is 0. The van der Waals surface area contributed by atoms with Gasteiger partial charge in [0.1, 0.15) is 11.0 Å². The van der Waals surface area contributed by atoms with E-state index in [1.165, 1.54) is 12.4 Å². The Labute approximate surface area is 73.4 Å². The first-order valence-electron chi connectivity index (χ1n) is 3.65. The minimum absolute atomic E-state index is 0.220. The Balaban J connectivity index is 2.85. The second kappa shape index (κ2) is 2.48. The van der Waals surface area contributed by atoms with Crippen molar-refractivity contribution in [1.82, 2.24) is 9.71 Å². The fourth-order valence-corrected chi connectivity index (χ4v) is 1.22. The maximum absolute atomic E-state index is 10.9. The summed E-state index contributed by atoms with van der Waals surface area (Å²) >= 11 is 0. The van der Waals surface area contributed by atoms with Crippen LogP contribution in [-0.4, -0.2) is 20.8 Å². The molecule has 3 N–H and O–H groups in total. The lowest BCUT2D eigenvalue weighted by Gasteiger charge is -1.91. The summed E-state index contributed by atoms with van der Waals surface area (Å²) in [5, 5.41) is 9.31. The van der Waals surface area contributed by atoms with Crippen LogP contribution in [0.25, 0.3) is 11.0 Å². The Morgan fingerprint density at radius 2 is 2.38 bits per heavy atom. The maximum atomic E-state index is 10.9. The highest BCUT2D eigenvalue weighted by atomic mass is 16.5. The van der Waals surface area contributed by atoms with Crippen molar-refractivity contribution in [2.75, 3.05) is 0 Å². The van der Waals surface area contributed by atoms with Gasteiger partial charge in [0.15, 0.2) is 0 Å². The molecule has 13 heavy (non-hydrogen) atoms. The van der Waals surface area contributed by atoms with Gasteiger partial charge in [-0.25, -0.2) is 0 Å². The van der Waals surface area contributed by atoms with Crippen LogP contribution in [0.5, 0.6) is 0 Å². The van der Waals surface area contributed by atoms with Crippen LogP contribution in [0.1, 0.15) is 10.4 Å². The van der Waals surface area contributed by atoms with Gasteiger partial charge in [-0.1, -0.05) is 0 Å². The lowest BCUT2D eigenvalue weighted by Crippen LogP contribution is -2.10. The molecule has 66 valence electrons. The molecular weight excluding hydrogens is 170 g/mol. The predicted octanol–water partition coefficient (Wildman–Crippen LogP) is 0.373. The van der Waals surface area contributed by atoms with Gasteiger partial charge in [-0.05, 0) is 12.1 Å². The molecule has 2 rings (SSSR count). The molecule has 0 aliphatic rings. The van der Waals surface area contributed by atoms with Crippen molar-refractivity contribution >= 4 is 16.9 Å². The third-order valence-electron chi connectivity index (χ3n) is 1.81. The highest BCUT2D eigenvalue weighted by Crippen LogP contribution is 2.16. The van der Waals surface area contributed by atoms with Gasteiger partial charge < -0.3 is 10.9 Å². The van der Waals surface area contributed by atoms with Crippen molar-refractivity contribution in [1.29, 1.82) is 0 Å². The average molecular weight is 177 g/mol. The van der Waals surface area contributed by atoms with Crippen molar-refractivity contribution in [3.8, 4) is 0 Å². The molecule has 0 saturated carbocycles. The number of pyridine rings is 1. The van der Waals surface area contributed by atoms with Crippen LogP contribution in [0.3, 0.4) is 0 Å². The first-order chi connectivity index (χ1) is 6.20. The molecule has 0 atom stereocenters. The maximum Gasteiger partial charge on any atom is 0.252 e. The molecular formula is C8H7N3O2. The first-order valence-corrected chi connectivity index (χ1v) is 3.65. The van der Waals surface area contributed by atoms with E-state index in [1.54, 1.807) is 12.1 Å². The van der Waals surface area contributed by atoms with E-state index in [9.17, 15) is 10.0 Å². The highest BCUT2D eigenvalue weighted by molar-refractivity contribution is 6.04. The van der Waals surface area contributed by atoms with Gasteiger partial charge in [0.25, 0.3) is 5.91 Å². The number of nitrogens with zero attached hydrogens (tertiary/aromatic N) is 2. The van der Waals surface area contributed by atoms with E-state index in [-0.39, 0.29) is 5.56 Å². The molecule has 5 heteroatoms. The van der Waals surface area contributed by atoms with Gasteiger partial charge in [-0.3, -0.25) is 9.78 Å². The molecule has 0 saturated heterocycles. The summed E-state index contributed by atoms with van der Waals surface area (Å²) in [5.74, 6) is -0.600. The second-order valence-corrected chi connectivity index (χ2v) is 2.62. The Bertz CT molecular complexity index is 475. The van der Waals surface area contributed by atoms with Gasteiger partial charge in [0.05, 0.1) is 11.8 Å². The second-order valence-electron chi connectivity index (χ2n) is 2.62. The number of carbonyl (C=O) groups excluding carboxylic acids is 1. The van der Waals surface area contributed by atoms with E-state index in [0.717, 1.165) is 4.73 Å². The molecule has 2 aromatic heterocycles. The van der Waals surface area contributed by atoms with Crippen LogP contribution in [0.15, 0.2) is 24.5 Å². The summed E-state index contributed by atoms with van der Waals surface area (Å²) in [6.45, 7) is 0. The van der Waals surface area contributed by atoms with E-state index < -0.39 is 5.91 Å². The third kappa shape index (κ3) is 1.01. The molecule has 0 aromatic carbocycles. The summed E-state index contributed by atoms with van der Waals surface area (Å²) < 4.78 is 0.836. The molecule has 0 bridgehead atoms. The Morgan fingerprint density at radius 1 is 1.62 bits per heavy atom. The first kappa shape index (κ1) is 7.60. The van der Waals surface area contributed by atoms with E-state index in [2.05, 4.69) is 4.98 Å². The number of carbonyl (C=O) groups is 1. The van der Waals surface area contributed by atoms with Crippen LogP contribution in [0.4, 0.5) is 0 Å². The van der Waals surface area contributed by atoms with Gasteiger partial charge in [-0.2, -0.15) is 4.73 Å².